The van der Waals surface area contributed by atoms with Crippen molar-refractivity contribution in [2.75, 3.05) is 0 Å². The van der Waals surface area contributed by atoms with Crippen molar-refractivity contribution in [3.05, 3.63) is 29.8 Å². The molecular formula is C8H8N2O3. The Morgan fingerprint density at radius 2 is 1.85 bits per heavy atom. The zero-order valence-electron chi connectivity index (χ0n) is 6.61. The summed E-state index contributed by atoms with van der Waals surface area (Å²) in [7, 11) is 0. The fraction of sp³-hybridized carbons (Fsp3) is 0. The van der Waals surface area contributed by atoms with E-state index in [0.717, 1.165) is 0 Å². The van der Waals surface area contributed by atoms with E-state index < -0.39 is 6.09 Å². The summed E-state index contributed by atoms with van der Waals surface area (Å²) in [5.74, 6) is -0.139. The molecule has 1 rings (SSSR count). The average molecular weight is 180 g/mol. The number of nitrogens with one attached hydrogen (secondary N) is 2. The van der Waals surface area contributed by atoms with Gasteiger partial charge in [-0.05, 0) is 24.3 Å². The normalized spacial score (nSPS) is 9.23. The smallest absolute Gasteiger partial charge is 0.410 e. The third kappa shape index (κ3) is 2.48. The predicted octanol–water partition coefficient (Wildman–Crippen LogP) is 0.985. The minimum Gasteiger partial charge on any atom is -0.508 e. The van der Waals surface area contributed by atoms with Crippen LogP contribution < -0.4 is 5.32 Å². The maximum atomic E-state index is 10.1. The van der Waals surface area contributed by atoms with E-state index in [9.17, 15) is 4.79 Å². The summed E-state index contributed by atoms with van der Waals surface area (Å²) in [4.78, 5) is 10.1. The SMILES string of the molecule is N=C(NC(=O)O)c1ccc(O)cc1. The Labute approximate surface area is 74.1 Å². The molecule has 0 aromatic heterocycles. The van der Waals surface area contributed by atoms with Crippen LogP contribution in [0.4, 0.5) is 4.79 Å². The molecule has 0 aliphatic heterocycles. The molecular weight excluding hydrogens is 172 g/mol. The van der Waals surface area contributed by atoms with Crippen LogP contribution in [-0.4, -0.2) is 22.1 Å². The van der Waals surface area contributed by atoms with Crippen molar-refractivity contribution in [3.63, 3.8) is 0 Å². The van der Waals surface area contributed by atoms with Crippen molar-refractivity contribution < 1.29 is 15.0 Å². The number of hydrogen-bond acceptors (Lipinski definition) is 3. The quantitative estimate of drug-likeness (QED) is 0.383. The first kappa shape index (κ1) is 9.05. The lowest BCUT2D eigenvalue weighted by Crippen LogP contribution is -2.28. The zero-order valence-corrected chi connectivity index (χ0v) is 6.61. The van der Waals surface area contributed by atoms with Gasteiger partial charge in [-0.3, -0.25) is 10.7 Å². The standard InChI is InChI=1S/C8H8N2O3/c9-7(10-8(12)13)5-1-3-6(11)4-2-5/h1-4,11H,(H2,9,10)(H,12,13). The summed E-state index contributed by atoms with van der Waals surface area (Å²) < 4.78 is 0. The second kappa shape index (κ2) is 3.57. The summed E-state index contributed by atoms with van der Waals surface area (Å²) in [5.41, 5.74) is 0.403. The van der Waals surface area contributed by atoms with Crippen molar-refractivity contribution in [1.29, 1.82) is 5.41 Å². The van der Waals surface area contributed by atoms with Gasteiger partial charge in [-0.2, -0.15) is 0 Å². The fourth-order valence-corrected chi connectivity index (χ4v) is 0.807. The van der Waals surface area contributed by atoms with Gasteiger partial charge in [0, 0.05) is 5.56 Å². The van der Waals surface area contributed by atoms with E-state index in [4.69, 9.17) is 15.6 Å². The highest BCUT2D eigenvalue weighted by molar-refractivity contribution is 6.04. The number of benzene rings is 1. The number of carboxylic acid groups (broad SMARTS) is 1. The van der Waals surface area contributed by atoms with Crippen LogP contribution in [-0.2, 0) is 0 Å². The summed E-state index contributed by atoms with van der Waals surface area (Å²) in [5, 5.41) is 26.4. The van der Waals surface area contributed by atoms with E-state index >= 15 is 0 Å². The number of hydrogen-bond donors (Lipinski definition) is 4. The molecule has 0 fully saturated rings. The zero-order chi connectivity index (χ0) is 9.84. The van der Waals surface area contributed by atoms with Gasteiger partial charge < -0.3 is 10.2 Å². The number of rotatable bonds is 1. The highest BCUT2D eigenvalue weighted by Crippen LogP contribution is 2.08. The van der Waals surface area contributed by atoms with E-state index in [1.165, 1.54) is 24.3 Å². The second-order valence-corrected chi connectivity index (χ2v) is 2.35. The molecule has 1 amide bonds. The molecule has 0 spiro atoms. The van der Waals surface area contributed by atoms with E-state index in [-0.39, 0.29) is 11.6 Å². The minimum absolute atomic E-state index is 0.0758. The third-order valence-electron chi connectivity index (χ3n) is 1.39. The van der Waals surface area contributed by atoms with Crippen molar-refractivity contribution in [2.45, 2.75) is 0 Å². The van der Waals surface area contributed by atoms with Crippen molar-refractivity contribution >= 4 is 11.9 Å². The van der Waals surface area contributed by atoms with E-state index in [1.807, 2.05) is 5.32 Å². The molecule has 0 unspecified atom stereocenters. The average Bonchev–Trinajstić information content (AvgIpc) is 2.04. The van der Waals surface area contributed by atoms with Gasteiger partial charge in [0.1, 0.15) is 11.6 Å². The molecule has 4 N–H and O–H groups in total. The van der Waals surface area contributed by atoms with Crippen LogP contribution >= 0.6 is 0 Å². The fourth-order valence-electron chi connectivity index (χ4n) is 0.807. The minimum atomic E-state index is -1.28. The van der Waals surface area contributed by atoms with Gasteiger partial charge in [-0.25, -0.2) is 4.79 Å². The van der Waals surface area contributed by atoms with E-state index in [1.54, 1.807) is 0 Å². The van der Waals surface area contributed by atoms with Gasteiger partial charge in [0.2, 0.25) is 0 Å². The maximum Gasteiger partial charge on any atom is 0.410 e. The lowest BCUT2D eigenvalue weighted by Gasteiger charge is -2.02. The van der Waals surface area contributed by atoms with Crippen LogP contribution in [0.5, 0.6) is 5.75 Å². The van der Waals surface area contributed by atoms with Crippen LogP contribution in [0.2, 0.25) is 0 Å². The Balaban J connectivity index is 2.78. The monoisotopic (exact) mass is 180 g/mol. The van der Waals surface area contributed by atoms with E-state index in [2.05, 4.69) is 0 Å². The number of amidine groups is 1. The van der Waals surface area contributed by atoms with Crippen molar-refractivity contribution in [3.8, 4) is 5.75 Å². The highest BCUT2D eigenvalue weighted by atomic mass is 16.4. The first-order valence-electron chi connectivity index (χ1n) is 3.47. The summed E-state index contributed by atoms with van der Waals surface area (Å²) >= 11 is 0. The van der Waals surface area contributed by atoms with Gasteiger partial charge in [0.05, 0.1) is 0 Å². The Morgan fingerprint density at radius 3 is 2.31 bits per heavy atom. The largest absolute Gasteiger partial charge is 0.508 e. The molecule has 13 heavy (non-hydrogen) atoms. The van der Waals surface area contributed by atoms with Gasteiger partial charge in [-0.1, -0.05) is 0 Å². The Bertz CT molecular complexity index is 332. The number of aromatic hydroxyl groups is 1. The third-order valence-corrected chi connectivity index (χ3v) is 1.39. The summed E-state index contributed by atoms with van der Waals surface area (Å²) in [6.07, 6.45) is -1.28. The number of carbonyl (C=O) groups is 1. The van der Waals surface area contributed by atoms with Crippen LogP contribution in [0.1, 0.15) is 5.56 Å². The molecule has 0 saturated heterocycles. The Morgan fingerprint density at radius 1 is 1.31 bits per heavy atom. The van der Waals surface area contributed by atoms with Gasteiger partial charge >= 0.3 is 6.09 Å². The van der Waals surface area contributed by atoms with Crippen molar-refractivity contribution in [1.82, 2.24) is 5.32 Å². The van der Waals surface area contributed by atoms with Crippen molar-refractivity contribution in [2.24, 2.45) is 0 Å². The molecule has 0 atom stereocenters. The number of phenols is 1. The number of phenolic OH excluding ortho intramolecular Hbond substituents is 1. The molecule has 0 radical (unpaired) electrons. The molecule has 0 aliphatic carbocycles. The van der Waals surface area contributed by atoms with Crippen LogP contribution in [0, 0.1) is 5.41 Å². The second-order valence-electron chi connectivity index (χ2n) is 2.35. The maximum absolute atomic E-state index is 10.1. The molecule has 0 aliphatic rings. The molecule has 0 heterocycles. The first-order valence-corrected chi connectivity index (χ1v) is 3.47. The predicted molar refractivity (Wildman–Crippen MR) is 46.1 cm³/mol. The summed E-state index contributed by atoms with van der Waals surface area (Å²) in [6, 6.07) is 5.67. The molecule has 0 bridgehead atoms. The highest BCUT2D eigenvalue weighted by Gasteiger charge is 2.03. The summed E-state index contributed by atoms with van der Waals surface area (Å²) in [6.45, 7) is 0. The van der Waals surface area contributed by atoms with E-state index in [0.29, 0.717) is 5.56 Å². The van der Waals surface area contributed by atoms with Crippen LogP contribution in [0.25, 0.3) is 0 Å². The molecule has 1 aromatic rings. The lowest BCUT2D eigenvalue weighted by molar-refractivity contribution is 0.200. The Hall–Kier alpha value is -2.04. The van der Waals surface area contributed by atoms with Gasteiger partial charge in [-0.15, -0.1) is 0 Å². The van der Waals surface area contributed by atoms with Gasteiger partial charge in [0.25, 0.3) is 0 Å². The molecule has 5 heteroatoms. The molecule has 1 aromatic carbocycles. The molecule has 68 valence electrons. The molecule has 0 saturated carbocycles. The first-order chi connectivity index (χ1) is 6.09. The van der Waals surface area contributed by atoms with Crippen LogP contribution in [0.15, 0.2) is 24.3 Å². The van der Waals surface area contributed by atoms with Crippen LogP contribution in [0.3, 0.4) is 0 Å². The topological polar surface area (TPSA) is 93.4 Å². The van der Waals surface area contributed by atoms with Gasteiger partial charge in [0.15, 0.2) is 0 Å². The number of amides is 1. The Kier molecular flexibility index (Phi) is 2.49. The lowest BCUT2D eigenvalue weighted by atomic mass is 10.2. The molecule has 5 nitrogen and oxygen atoms in total.